The number of carbonyl (C=O) groups is 2. The van der Waals surface area contributed by atoms with Crippen molar-refractivity contribution in [2.75, 3.05) is 45.6 Å². The molecule has 2 aromatic rings. The summed E-state index contributed by atoms with van der Waals surface area (Å²) in [6, 6.07) is 11.3. The summed E-state index contributed by atoms with van der Waals surface area (Å²) in [5.41, 5.74) is 8.46. The molecular formula is C30H41N7O3. The number of nitrogens with one attached hydrogen (secondary N) is 1. The van der Waals surface area contributed by atoms with Crippen LogP contribution in [0.3, 0.4) is 0 Å². The predicted molar refractivity (Wildman–Crippen MR) is 158 cm³/mol. The fraction of sp³-hybridized carbons (Fsp3) is 0.467. The van der Waals surface area contributed by atoms with Gasteiger partial charge in [0.25, 0.3) is 5.91 Å². The van der Waals surface area contributed by atoms with E-state index in [-0.39, 0.29) is 30.2 Å². The molecule has 1 saturated heterocycles. The molecule has 0 atom stereocenters. The number of pyridine rings is 1. The van der Waals surface area contributed by atoms with Crippen LogP contribution in [-0.2, 0) is 4.79 Å². The molecule has 10 heteroatoms. The van der Waals surface area contributed by atoms with Gasteiger partial charge in [0.1, 0.15) is 0 Å². The maximum atomic E-state index is 13.0. The predicted octanol–water partition coefficient (Wildman–Crippen LogP) is 3.08. The summed E-state index contributed by atoms with van der Waals surface area (Å²) < 4.78 is 0. The zero-order valence-corrected chi connectivity index (χ0v) is 23.9. The summed E-state index contributed by atoms with van der Waals surface area (Å²) in [5, 5.41) is 13.1. The number of carbonyl (C=O) groups excluding carboxylic acids is 2. The Morgan fingerprint density at radius 1 is 1.18 bits per heavy atom. The van der Waals surface area contributed by atoms with Gasteiger partial charge in [-0.3, -0.25) is 9.59 Å². The van der Waals surface area contributed by atoms with Crippen molar-refractivity contribution >= 4 is 34.9 Å². The van der Waals surface area contributed by atoms with Crippen molar-refractivity contribution in [1.29, 1.82) is 0 Å². The van der Waals surface area contributed by atoms with Crippen LogP contribution in [0.15, 0.2) is 53.7 Å². The molecule has 214 valence electrons. The third kappa shape index (κ3) is 7.67. The Balaban J connectivity index is 1.39. The van der Waals surface area contributed by atoms with Gasteiger partial charge in [-0.1, -0.05) is 6.08 Å². The standard InChI is InChI=1S/C30H41N7O3/c1-30(2,40)20-26(38)37-18-11-21(12-19-37)25-6-5-15-32-27(25)34-29(31)33-23-9-7-22(8-10-23)28(39)36(4)24-13-16-35(3)17-14-24/h5-11,15,24,40H,12-14,16-20H2,1-4H3,(H3,31,32,33,34). The molecule has 0 spiro atoms. The van der Waals surface area contributed by atoms with Gasteiger partial charge in [0.2, 0.25) is 5.91 Å². The first kappa shape index (κ1) is 29.2. The molecule has 0 bridgehead atoms. The van der Waals surface area contributed by atoms with E-state index in [2.05, 4.69) is 27.2 Å². The molecule has 4 rings (SSSR count). The largest absolute Gasteiger partial charge is 0.390 e. The van der Waals surface area contributed by atoms with Crippen LogP contribution in [0.2, 0.25) is 0 Å². The number of aliphatic imine (C=N–C) groups is 1. The first-order valence-electron chi connectivity index (χ1n) is 13.8. The number of rotatable bonds is 7. The van der Waals surface area contributed by atoms with E-state index in [1.54, 1.807) is 37.1 Å². The molecular weight excluding hydrogens is 506 g/mol. The molecule has 1 aromatic heterocycles. The highest BCUT2D eigenvalue weighted by Gasteiger charge is 2.26. The second kappa shape index (κ2) is 12.6. The van der Waals surface area contributed by atoms with E-state index in [0.29, 0.717) is 30.9 Å². The van der Waals surface area contributed by atoms with E-state index < -0.39 is 5.60 Å². The van der Waals surface area contributed by atoms with Crippen LogP contribution in [0.25, 0.3) is 5.57 Å². The van der Waals surface area contributed by atoms with E-state index >= 15 is 0 Å². The molecule has 2 amide bonds. The van der Waals surface area contributed by atoms with Crippen molar-refractivity contribution in [3.05, 3.63) is 59.8 Å². The van der Waals surface area contributed by atoms with Gasteiger partial charge in [-0.15, -0.1) is 0 Å². The van der Waals surface area contributed by atoms with Gasteiger partial charge in [-0.2, -0.15) is 4.99 Å². The number of nitrogens with zero attached hydrogens (tertiary/aromatic N) is 5. The average molecular weight is 548 g/mol. The van der Waals surface area contributed by atoms with Crippen molar-refractivity contribution < 1.29 is 14.7 Å². The Labute approximate surface area is 236 Å². The summed E-state index contributed by atoms with van der Waals surface area (Å²) in [4.78, 5) is 40.3. The van der Waals surface area contributed by atoms with E-state index in [1.165, 1.54) is 0 Å². The molecule has 0 unspecified atom stereocenters. The number of anilines is 1. The van der Waals surface area contributed by atoms with Crippen molar-refractivity contribution in [2.45, 2.75) is 51.2 Å². The summed E-state index contributed by atoms with van der Waals surface area (Å²) in [7, 11) is 3.99. The first-order chi connectivity index (χ1) is 19.0. The van der Waals surface area contributed by atoms with Gasteiger partial charge in [0.05, 0.1) is 12.0 Å². The number of likely N-dealkylation sites (tertiary alicyclic amines) is 1. The van der Waals surface area contributed by atoms with E-state index in [1.807, 2.05) is 42.3 Å². The van der Waals surface area contributed by atoms with Gasteiger partial charge < -0.3 is 30.9 Å². The number of aliphatic hydroxyl groups is 1. The van der Waals surface area contributed by atoms with Gasteiger partial charge in [0, 0.05) is 49.2 Å². The third-order valence-electron chi connectivity index (χ3n) is 7.47. The fourth-order valence-electron chi connectivity index (χ4n) is 5.10. The Morgan fingerprint density at radius 2 is 1.88 bits per heavy atom. The quantitative estimate of drug-likeness (QED) is 0.359. The van der Waals surface area contributed by atoms with Crippen LogP contribution in [0.4, 0.5) is 11.5 Å². The lowest BCUT2D eigenvalue weighted by Gasteiger charge is -2.35. The van der Waals surface area contributed by atoms with Gasteiger partial charge in [-0.25, -0.2) is 4.98 Å². The number of guanidine groups is 1. The Hall–Kier alpha value is -3.76. The lowest BCUT2D eigenvalue weighted by molar-refractivity contribution is -0.134. The van der Waals surface area contributed by atoms with Crippen LogP contribution in [0.5, 0.6) is 0 Å². The Bertz CT molecular complexity index is 1260. The molecule has 0 saturated carbocycles. The summed E-state index contributed by atoms with van der Waals surface area (Å²) in [6.07, 6.45) is 6.38. The van der Waals surface area contributed by atoms with Gasteiger partial charge >= 0.3 is 0 Å². The summed E-state index contributed by atoms with van der Waals surface area (Å²) in [5.74, 6) is 0.617. The second-order valence-corrected chi connectivity index (χ2v) is 11.3. The monoisotopic (exact) mass is 547 g/mol. The minimum absolute atomic E-state index is 0.0157. The number of hydrogen-bond donors (Lipinski definition) is 3. The van der Waals surface area contributed by atoms with Crippen LogP contribution in [-0.4, -0.2) is 94.5 Å². The molecule has 3 heterocycles. The number of piperidine rings is 1. The van der Waals surface area contributed by atoms with E-state index in [0.717, 1.165) is 42.8 Å². The number of benzene rings is 1. The molecule has 4 N–H and O–H groups in total. The van der Waals surface area contributed by atoms with Gasteiger partial charge in [0.15, 0.2) is 11.8 Å². The molecule has 40 heavy (non-hydrogen) atoms. The highest BCUT2D eigenvalue weighted by atomic mass is 16.3. The fourth-order valence-corrected chi connectivity index (χ4v) is 5.10. The lowest BCUT2D eigenvalue weighted by Crippen LogP contribution is -2.44. The number of hydrogen-bond acceptors (Lipinski definition) is 6. The smallest absolute Gasteiger partial charge is 0.253 e. The number of amides is 2. The van der Waals surface area contributed by atoms with Crippen molar-refractivity contribution in [2.24, 2.45) is 10.7 Å². The maximum absolute atomic E-state index is 13.0. The third-order valence-corrected chi connectivity index (χ3v) is 7.47. The Kier molecular flexibility index (Phi) is 9.21. The second-order valence-electron chi connectivity index (χ2n) is 11.3. The molecule has 10 nitrogen and oxygen atoms in total. The minimum atomic E-state index is -1.03. The van der Waals surface area contributed by atoms with Crippen molar-refractivity contribution in [3.63, 3.8) is 0 Å². The summed E-state index contributed by atoms with van der Waals surface area (Å²) in [6.45, 7) is 6.30. The highest BCUT2D eigenvalue weighted by molar-refractivity contribution is 5.97. The molecule has 2 aliphatic heterocycles. The number of nitrogens with two attached hydrogens (primary N) is 1. The van der Waals surface area contributed by atoms with Crippen molar-refractivity contribution in [3.8, 4) is 0 Å². The Morgan fingerprint density at radius 3 is 2.50 bits per heavy atom. The van der Waals surface area contributed by atoms with Crippen LogP contribution >= 0.6 is 0 Å². The first-order valence-corrected chi connectivity index (χ1v) is 13.8. The van der Waals surface area contributed by atoms with Crippen LogP contribution < -0.4 is 11.1 Å². The SMILES string of the molecule is CN1CCC(N(C)C(=O)c2ccc(NC(N)=Nc3ncccc3C3=CCN(C(=O)CC(C)(C)O)CC3)cc2)CC1. The topological polar surface area (TPSA) is 127 Å². The normalized spacial score (nSPS) is 17.4. The van der Waals surface area contributed by atoms with Crippen LogP contribution in [0, 0.1) is 0 Å². The van der Waals surface area contributed by atoms with Crippen LogP contribution in [0.1, 0.15) is 55.5 Å². The highest BCUT2D eigenvalue weighted by Crippen LogP contribution is 2.29. The lowest BCUT2D eigenvalue weighted by atomic mass is 9.98. The molecule has 0 aliphatic carbocycles. The molecule has 2 aliphatic rings. The average Bonchev–Trinajstić information content (AvgIpc) is 2.92. The summed E-state index contributed by atoms with van der Waals surface area (Å²) >= 11 is 0. The van der Waals surface area contributed by atoms with E-state index in [9.17, 15) is 14.7 Å². The van der Waals surface area contributed by atoms with Crippen molar-refractivity contribution in [1.82, 2.24) is 19.7 Å². The van der Waals surface area contributed by atoms with E-state index in [4.69, 9.17) is 5.73 Å². The van der Waals surface area contributed by atoms with Gasteiger partial charge in [-0.05, 0) is 95.2 Å². The maximum Gasteiger partial charge on any atom is 0.253 e. The number of aromatic nitrogens is 1. The molecule has 0 radical (unpaired) electrons. The zero-order chi connectivity index (χ0) is 28.9. The molecule has 1 fully saturated rings. The zero-order valence-electron chi connectivity index (χ0n) is 23.9. The minimum Gasteiger partial charge on any atom is -0.390 e. The molecule has 1 aromatic carbocycles.